The summed E-state index contributed by atoms with van der Waals surface area (Å²) in [6.07, 6.45) is -10.7. The highest BCUT2D eigenvalue weighted by molar-refractivity contribution is 5.88. The summed E-state index contributed by atoms with van der Waals surface area (Å²) >= 11 is 0. The zero-order valence-corrected chi connectivity index (χ0v) is 7.10. The number of carbonyl (C=O) groups is 1. The topological polar surface area (TPSA) is 55.1 Å². The zero-order chi connectivity index (χ0) is 12.7. The fourth-order valence-electron chi connectivity index (χ4n) is 0.870. The number of carboxylic acids is 1. The van der Waals surface area contributed by atoms with Gasteiger partial charge in [0.2, 0.25) is 0 Å². The number of aromatic nitrogens is 2. The summed E-state index contributed by atoms with van der Waals surface area (Å²) in [5.74, 6) is -2.14. The summed E-state index contributed by atoms with van der Waals surface area (Å²) in [4.78, 5) is 10.3. The molecule has 90 valence electrons. The van der Waals surface area contributed by atoms with Crippen LogP contribution in [-0.2, 0) is 12.5 Å². The maximum atomic E-state index is 12.1. The van der Waals surface area contributed by atoms with Crippen LogP contribution in [0.5, 0.6) is 0 Å². The Morgan fingerprint density at radius 2 is 1.75 bits per heavy atom. The summed E-state index contributed by atoms with van der Waals surface area (Å²) in [5, 5.41) is 10.4. The summed E-state index contributed by atoms with van der Waals surface area (Å²) in [6.45, 7) is 0. The molecule has 1 aromatic rings. The van der Waals surface area contributed by atoms with E-state index in [1.807, 2.05) is 0 Å². The molecule has 0 fully saturated rings. The Hall–Kier alpha value is -1.74. The Morgan fingerprint density at radius 3 is 2.00 bits per heavy atom. The highest BCUT2D eigenvalue weighted by atomic mass is 19.4. The predicted molar refractivity (Wildman–Crippen MR) is 35.5 cm³/mol. The van der Waals surface area contributed by atoms with Crippen molar-refractivity contribution in [2.45, 2.75) is 12.5 Å². The third-order valence-electron chi connectivity index (χ3n) is 1.47. The van der Waals surface area contributed by atoms with Crippen molar-refractivity contribution in [3.05, 3.63) is 17.5 Å². The first-order chi connectivity index (χ1) is 7.03. The monoisotopic (exact) mass is 248 g/mol. The minimum atomic E-state index is -5.26. The van der Waals surface area contributed by atoms with Crippen molar-refractivity contribution in [3.63, 3.8) is 0 Å². The van der Waals surface area contributed by atoms with Crippen LogP contribution in [0.3, 0.4) is 0 Å². The van der Waals surface area contributed by atoms with E-state index in [0.29, 0.717) is 0 Å². The maximum Gasteiger partial charge on any atom is 0.504 e. The minimum Gasteiger partial charge on any atom is -0.478 e. The summed E-state index contributed by atoms with van der Waals surface area (Å²) in [7, 11) is 0. The van der Waals surface area contributed by atoms with Crippen molar-refractivity contribution in [1.29, 1.82) is 0 Å². The van der Waals surface area contributed by atoms with E-state index in [2.05, 4.69) is 5.10 Å². The van der Waals surface area contributed by atoms with Crippen LogP contribution in [0.25, 0.3) is 0 Å². The number of rotatable bonds is 1. The fraction of sp³-hybridized carbons (Fsp3) is 0.333. The van der Waals surface area contributed by atoms with Crippen LogP contribution in [0.1, 0.15) is 16.1 Å². The van der Waals surface area contributed by atoms with Crippen molar-refractivity contribution in [2.24, 2.45) is 0 Å². The van der Waals surface area contributed by atoms with E-state index in [-0.39, 0.29) is 6.20 Å². The first-order valence-electron chi connectivity index (χ1n) is 3.51. The van der Waals surface area contributed by atoms with E-state index in [4.69, 9.17) is 5.11 Å². The normalized spacial score (nSPS) is 12.9. The van der Waals surface area contributed by atoms with Gasteiger partial charge in [-0.2, -0.15) is 23.0 Å². The number of halogens is 6. The maximum absolute atomic E-state index is 12.1. The van der Waals surface area contributed by atoms with Gasteiger partial charge in [-0.05, 0) is 0 Å². The van der Waals surface area contributed by atoms with Gasteiger partial charge in [-0.25, -0.2) is 4.79 Å². The molecule has 16 heavy (non-hydrogen) atoms. The van der Waals surface area contributed by atoms with Crippen molar-refractivity contribution in [3.8, 4) is 0 Å². The molecule has 10 heteroatoms. The van der Waals surface area contributed by atoms with Crippen LogP contribution in [0.4, 0.5) is 26.3 Å². The molecule has 0 aromatic carbocycles. The molecule has 0 saturated heterocycles. The van der Waals surface area contributed by atoms with Gasteiger partial charge in [-0.1, -0.05) is 0 Å². The molecule has 0 atom stereocenters. The highest BCUT2D eigenvalue weighted by Gasteiger charge is 2.43. The lowest BCUT2D eigenvalue weighted by Gasteiger charge is -2.05. The number of carboxylic acid groups (broad SMARTS) is 1. The van der Waals surface area contributed by atoms with Crippen LogP contribution in [0, 0.1) is 0 Å². The van der Waals surface area contributed by atoms with Gasteiger partial charge in [-0.15, -0.1) is 13.2 Å². The lowest BCUT2D eigenvalue weighted by Crippen LogP contribution is -2.18. The molecular weight excluding hydrogens is 246 g/mol. The summed E-state index contributed by atoms with van der Waals surface area (Å²) in [6, 6.07) is 0. The molecule has 1 aromatic heterocycles. The van der Waals surface area contributed by atoms with Gasteiger partial charge in [0.05, 0.1) is 0 Å². The Labute approximate surface area is 83.1 Å². The third-order valence-corrected chi connectivity index (χ3v) is 1.47. The van der Waals surface area contributed by atoms with Crippen LogP contribution in [0.15, 0.2) is 6.20 Å². The molecule has 1 N–H and O–H groups in total. The molecule has 0 amide bonds. The number of nitrogens with zero attached hydrogens (tertiary/aromatic N) is 2. The molecule has 0 spiro atoms. The van der Waals surface area contributed by atoms with Crippen LogP contribution in [0.2, 0.25) is 0 Å². The smallest absolute Gasteiger partial charge is 0.478 e. The lowest BCUT2D eigenvalue weighted by molar-refractivity contribution is -0.214. The number of alkyl halides is 6. The number of aromatic carboxylic acids is 1. The second kappa shape index (κ2) is 3.39. The average molecular weight is 248 g/mol. The SMILES string of the molecule is O=C(O)c1cn(C(F)(F)F)nc1C(F)(F)F. The largest absolute Gasteiger partial charge is 0.504 e. The van der Waals surface area contributed by atoms with Gasteiger partial charge in [0.25, 0.3) is 0 Å². The molecule has 0 aliphatic rings. The van der Waals surface area contributed by atoms with Crippen molar-refractivity contribution >= 4 is 5.97 Å². The molecule has 0 unspecified atom stereocenters. The molecule has 1 heterocycles. The number of hydrogen-bond acceptors (Lipinski definition) is 2. The van der Waals surface area contributed by atoms with Crippen LogP contribution >= 0.6 is 0 Å². The van der Waals surface area contributed by atoms with Gasteiger partial charge < -0.3 is 5.11 Å². The molecule has 1 rings (SSSR count). The average Bonchev–Trinajstić information content (AvgIpc) is 2.44. The molecule has 4 nitrogen and oxygen atoms in total. The van der Waals surface area contributed by atoms with Gasteiger partial charge in [0.15, 0.2) is 5.69 Å². The second-order valence-electron chi connectivity index (χ2n) is 2.61. The molecule has 0 saturated carbocycles. The standard InChI is InChI=1S/C6H2F6N2O2/c7-5(8,9)3-2(4(15)16)1-14(13-3)6(10,11)12/h1H,(H,15,16). The second-order valence-corrected chi connectivity index (χ2v) is 2.61. The van der Waals surface area contributed by atoms with Crippen molar-refractivity contribution < 1.29 is 36.2 Å². The van der Waals surface area contributed by atoms with E-state index in [9.17, 15) is 31.1 Å². The molecule has 0 bridgehead atoms. The Bertz CT molecular complexity index is 418. The van der Waals surface area contributed by atoms with Crippen LogP contribution in [-0.4, -0.2) is 20.9 Å². The van der Waals surface area contributed by atoms with Gasteiger partial charge >= 0.3 is 18.4 Å². The van der Waals surface area contributed by atoms with E-state index in [0.717, 1.165) is 0 Å². The summed E-state index contributed by atoms with van der Waals surface area (Å²) in [5.41, 5.74) is -3.64. The first kappa shape index (κ1) is 12.3. The van der Waals surface area contributed by atoms with Gasteiger partial charge in [0.1, 0.15) is 5.56 Å². The Balaban J connectivity index is 3.38. The number of hydrogen-bond donors (Lipinski definition) is 1. The quantitative estimate of drug-likeness (QED) is 0.774. The van der Waals surface area contributed by atoms with Crippen LogP contribution < -0.4 is 0 Å². The lowest BCUT2D eigenvalue weighted by atomic mass is 10.2. The highest BCUT2D eigenvalue weighted by Crippen LogP contribution is 2.33. The zero-order valence-electron chi connectivity index (χ0n) is 7.10. The van der Waals surface area contributed by atoms with Crippen molar-refractivity contribution in [2.75, 3.05) is 0 Å². The van der Waals surface area contributed by atoms with Gasteiger partial charge in [0, 0.05) is 6.20 Å². The Morgan fingerprint density at radius 1 is 1.25 bits per heavy atom. The van der Waals surface area contributed by atoms with Gasteiger partial charge in [-0.3, -0.25) is 0 Å². The molecule has 0 radical (unpaired) electrons. The minimum absolute atomic E-state index is 0.231. The van der Waals surface area contributed by atoms with Crippen molar-refractivity contribution in [1.82, 2.24) is 9.78 Å². The molecular formula is C6H2F6N2O2. The van der Waals surface area contributed by atoms with E-state index < -0.39 is 34.4 Å². The molecule has 0 aliphatic heterocycles. The van der Waals surface area contributed by atoms with E-state index in [1.165, 1.54) is 0 Å². The molecule has 0 aliphatic carbocycles. The van der Waals surface area contributed by atoms with E-state index >= 15 is 0 Å². The van der Waals surface area contributed by atoms with E-state index in [1.54, 1.807) is 0 Å². The fourth-order valence-corrected chi connectivity index (χ4v) is 0.870. The third kappa shape index (κ3) is 2.25. The Kier molecular flexibility index (Phi) is 2.61. The predicted octanol–water partition coefficient (Wildman–Crippen LogP) is 2.08. The first-order valence-corrected chi connectivity index (χ1v) is 3.51. The summed E-state index contributed by atoms with van der Waals surface area (Å²) < 4.78 is 71.2.